The van der Waals surface area contributed by atoms with Gasteiger partial charge in [-0.15, -0.1) is 0 Å². The van der Waals surface area contributed by atoms with Crippen molar-refractivity contribution >= 4 is 0 Å². The van der Waals surface area contributed by atoms with Gasteiger partial charge in [-0.1, -0.05) is 6.07 Å². The number of fused-ring (bicyclic) bond motifs is 3. The largest absolute Gasteiger partial charge is 0.369 e. The lowest BCUT2D eigenvalue weighted by molar-refractivity contribution is -0.0537. The molecule has 3 atom stereocenters. The Balaban J connectivity index is 2.04. The van der Waals surface area contributed by atoms with Crippen molar-refractivity contribution < 1.29 is 9.13 Å². The van der Waals surface area contributed by atoms with Crippen LogP contribution in [0.4, 0.5) is 4.39 Å². The van der Waals surface area contributed by atoms with Crippen molar-refractivity contribution in [2.75, 3.05) is 6.54 Å². The molecular weight excluding hydrogens is 205 g/mol. The lowest BCUT2D eigenvalue weighted by Crippen LogP contribution is -2.43. The summed E-state index contributed by atoms with van der Waals surface area (Å²) in [5, 5.41) is 3.47. The molecule has 0 amide bonds. The summed E-state index contributed by atoms with van der Waals surface area (Å²) in [5.41, 5.74) is 2.21. The van der Waals surface area contributed by atoms with E-state index < -0.39 is 0 Å². The van der Waals surface area contributed by atoms with E-state index in [1.807, 2.05) is 13.0 Å². The Morgan fingerprint density at radius 2 is 2.25 bits per heavy atom. The zero-order valence-electron chi connectivity index (χ0n) is 9.37. The highest BCUT2D eigenvalue weighted by Gasteiger charge is 2.35. The highest BCUT2D eigenvalue weighted by Crippen LogP contribution is 2.39. The van der Waals surface area contributed by atoms with E-state index in [9.17, 15) is 4.39 Å². The van der Waals surface area contributed by atoms with Crippen LogP contribution in [0.3, 0.4) is 0 Å². The van der Waals surface area contributed by atoms with E-state index in [-0.39, 0.29) is 24.1 Å². The summed E-state index contributed by atoms with van der Waals surface area (Å²) >= 11 is 0. The number of hydrogen-bond donors (Lipinski definition) is 1. The molecule has 3 heteroatoms. The molecule has 0 saturated carbocycles. The summed E-state index contributed by atoms with van der Waals surface area (Å²) in [4.78, 5) is 0. The molecule has 3 unspecified atom stereocenters. The molecular formula is C13H16FNO. The van der Waals surface area contributed by atoms with Gasteiger partial charge in [-0.2, -0.15) is 0 Å². The lowest BCUT2D eigenvalue weighted by Gasteiger charge is -2.40. The molecule has 0 spiro atoms. The first-order valence-corrected chi connectivity index (χ1v) is 5.94. The Hall–Kier alpha value is -0.930. The van der Waals surface area contributed by atoms with Crippen LogP contribution in [0, 0.1) is 5.82 Å². The van der Waals surface area contributed by atoms with Gasteiger partial charge in [-0.3, -0.25) is 0 Å². The van der Waals surface area contributed by atoms with E-state index in [2.05, 4.69) is 5.32 Å². The second-order valence-corrected chi connectivity index (χ2v) is 4.66. The average Bonchev–Trinajstić information content (AvgIpc) is 2.29. The Kier molecular flexibility index (Phi) is 2.45. The molecule has 1 N–H and O–H groups in total. The Bertz CT molecular complexity index is 407. The molecule has 1 saturated heterocycles. The molecule has 1 aromatic rings. The van der Waals surface area contributed by atoms with Gasteiger partial charge in [0.1, 0.15) is 5.82 Å². The number of halogens is 1. The molecule has 1 aromatic carbocycles. The van der Waals surface area contributed by atoms with Crippen molar-refractivity contribution in [1.82, 2.24) is 5.32 Å². The minimum Gasteiger partial charge on any atom is -0.369 e. The quantitative estimate of drug-likeness (QED) is 0.727. The summed E-state index contributed by atoms with van der Waals surface area (Å²) in [6.07, 6.45) is 2.51. The minimum absolute atomic E-state index is 0.00634. The highest BCUT2D eigenvalue weighted by molar-refractivity contribution is 5.35. The van der Waals surface area contributed by atoms with Crippen molar-refractivity contribution in [3.8, 4) is 0 Å². The van der Waals surface area contributed by atoms with Crippen LogP contribution in [0.25, 0.3) is 0 Å². The van der Waals surface area contributed by atoms with E-state index in [1.54, 1.807) is 12.1 Å². The topological polar surface area (TPSA) is 21.3 Å². The van der Waals surface area contributed by atoms with Crippen molar-refractivity contribution in [3.63, 3.8) is 0 Å². The molecule has 1 fully saturated rings. The highest BCUT2D eigenvalue weighted by atomic mass is 19.1. The number of nitrogens with one attached hydrogen (secondary N) is 1. The maximum absolute atomic E-state index is 13.2. The molecule has 0 bridgehead atoms. The monoisotopic (exact) mass is 221 g/mol. The van der Waals surface area contributed by atoms with Crippen LogP contribution in [-0.2, 0) is 4.74 Å². The molecule has 16 heavy (non-hydrogen) atoms. The first-order chi connectivity index (χ1) is 7.75. The molecule has 0 radical (unpaired) electrons. The van der Waals surface area contributed by atoms with Crippen molar-refractivity contribution in [1.29, 1.82) is 0 Å². The van der Waals surface area contributed by atoms with Crippen LogP contribution < -0.4 is 5.32 Å². The number of benzene rings is 1. The van der Waals surface area contributed by atoms with Crippen molar-refractivity contribution in [3.05, 3.63) is 35.1 Å². The van der Waals surface area contributed by atoms with E-state index in [0.717, 1.165) is 24.9 Å². The Labute approximate surface area is 94.8 Å². The van der Waals surface area contributed by atoms with Crippen molar-refractivity contribution in [2.24, 2.45) is 0 Å². The predicted octanol–water partition coefficient (Wildman–Crippen LogP) is 2.71. The van der Waals surface area contributed by atoms with Crippen LogP contribution in [0.5, 0.6) is 0 Å². The number of piperidine rings is 1. The number of hydrogen-bond acceptors (Lipinski definition) is 2. The predicted molar refractivity (Wildman–Crippen MR) is 59.7 cm³/mol. The second-order valence-electron chi connectivity index (χ2n) is 4.66. The molecule has 3 rings (SSSR count). The molecule has 2 nitrogen and oxygen atoms in total. The number of ether oxygens (including phenoxy) is 1. The third-order valence-corrected chi connectivity index (χ3v) is 3.60. The summed E-state index contributed by atoms with van der Waals surface area (Å²) in [6.45, 7) is 3.03. The fraction of sp³-hybridized carbons (Fsp3) is 0.538. The minimum atomic E-state index is -0.177. The summed E-state index contributed by atoms with van der Waals surface area (Å²) in [7, 11) is 0. The fourth-order valence-electron chi connectivity index (χ4n) is 2.83. The third kappa shape index (κ3) is 1.55. The lowest BCUT2D eigenvalue weighted by atomic mass is 9.86. The molecule has 2 heterocycles. The van der Waals surface area contributed by atoms with Gasteiger partial charge in [0.25, 0.3) is 0 Å². The molecule has 0 aromatic heterocycles. The van der Waals surface area contributed by atoms with Crippen LogP contribution in [0.1, 0.15) is 43.0 Å². The molecule has 2 aliphatic heterocycles. The molecule has 86 valence electrons. The van der Waals surface area contributed by atoms with Gasteiger partial charge >= 0.3 is 0 Å². The van der Waals surface area contributed by atoms with Crippen LogP contribution >= 0.6 is 0 Å². The standard InChI is InChI=1S/C13H16FNO/c1-8-11-7-9(14)4-5-10(11)13-12(16-8)3-2-6-15-13/h4-5,7-8,12-13,15H,2-3,6H2,1H3. The van der Waals surface area contributed by atoms with E-state index in [4.69, 9.17) is 4.74 Å². The smallest absolute Gasteiger partial charge is 0.123 e. The van der Waals surface area contributed by atoms with E-state index in [1.165, 1.54) is 5.56 Å². The third-order valence-electron chi connectivity index (χ3n) is 3.60. The van der Waals surface area contributed by atoms with E-state index in [0.29, 0.717) is 0 Å². The summed E-state index contributed by atoms with van der Waals surface area (Å²) in [5.74, 6) is -0.177. The van der Waals surface area contributed by atoms with Gasteiger partial charge in [-0.05, 0) is 49.6 Å². The maximum Gasteiger partial charge on any atom is 0.123 e. The van der Waals surface area contributed by atoms with Gasteiger partial charge in [0.05, 0.1) is 18.2 Å². The average molecular weight is 221 g/mol. The van der Waals surface area contributed by atoms with Gasteiger partial charge in [0, 0.05) is 0 Å². The first kappa shape index (κ1) is 10.2. The Morgan fingerprint density at radius 3 is 3.12 bits per heavy atom. The zero-order valence-corrected chi connectivity index (χ0v) is 9.37. The normalized spacial score (nSPS) is 33.0. The van der Waals surface area contributed by atoms with Crippen molar-refractivity contribution in [2.45, 2.75) is 38.0 Å². The van der Waals surface area contributed by atoms with Crippen LogP contribution in [0.15, 0.2) is 18.2 Å². The van der Waals surface area contributed by atoms with Crippen LogP contribution in [0.2, 0.25) is 0 Å². The fourth-order valence-corrected chi connectivity index (χ4v) is 2.83. The van der Waals surface area contributed by atoms with Gasteiger partial charge in [0.15, 0.2) is 0 Å². The molecule has 0 aliphatic carbocycles. The first-order valence-electron chi connectivity index (χ1n) is 5.94. The van der Waals surface area contributed by atoms with Crippen LogP contribution in [-0.4, -0.2) is 12.6 Å². The van der Waals surface area contributed by atoms with E-state index >= 15 is 0 Å². The summed E-state index contributed by atoms with van der Waals surface area (Å²) in [6, 6.07) is 5.30. The van der Waals surface area contributed by atoms with Gasteiger partial charge in [0.2, 0.25) is 0 Å². The van der Waals surface area contributed by atoms with Gasteiger partial charge < -0.3 is 10.1 Å². The SMILES string of the molecule is CC1OC2CCCNC2c2ccc(F)cc21. The van der Waals surface area contributed by atoms with Gasteiger partial charge in [-0.25, -0.2) is 4.39 Å². The maximum atomic E-state index is 13.2. The summed E-state index contributed by atoms with van der Waals surface area (Å²) < 4.78 is 19.2. The number of rotatable bonds is 0. The molecule has 2 aliphatic rings. The Morgan fingerprint density at radius 1 is 1.38 bits per heavy atom. The second kappa shape index (κ2) is 3.82. The zero-order chi connectivity index (χ0) is 11.1.